The Labute approximate surface area is 104 Å². The molecule has 0 aliphatic rings. The first kappa shape index (κ1) is 24.2. The molecule has 0 saturated heterocycles. The molecular formula is C8H24ClO2Sn2. The Kier molecular flexibility index (Phi) is 43.8. The molecule has 2 nitrogen and oxygen atoms in total. The standard InChI is InChI=1S/4C2H5.ClH.2H2O.2Sn/c4*1-2;;;;;/h4*1H2,2H3;1H;2*1H2;;/q;;;;;;;;+1/p-1. The molecule has 0 bridgehead atoms. The molecule has 0 aromatic heterocycles. The van der Waals surface area contributed by atoms with Crippen LogP contribution >= 0.6 is 8.92 Å². The summed E-state index contributed by atoms with van der Waals surface area (Å²) in [6.45, 7) is 8.95. The Bertz CT molecular complexity index is 62.1. The quantitative estimate of drug-likeness (QED) is 0.621. The molecule has 0 amide bonds. The van der Waals surface area contributed by atoms with Gasteiger partial charge in [-0.2, -0.15) is 0 Å². The van der Waals surface area contributed by atoms with Crippen LogP contribution in [0.25, 0.3) is 0 Å². The zero-order chi connectivity index (χ0) is 9.11. The second-order valence-electron chi connectivity index (χ2n) is 2.18. The van der Waals surface area contributed by atoms with Crippen molar-refractivity contribution in [2.45, 2.75) is 45.4 Å². The van der Waals surface area contributed by atoms with Gasteiger partial charge in [0.1, 0.15) is 0 Å². The molecule has 0 atom stereocenters. The van der Waals surface area contributed by atoms with E-state index in [-0.39, 0.29) is 32.1 Å². The number of hydrogen-bond donors (Lipinski definition) is 0. The molecule has 0 aliphatic carbocycles. The van der Waals surface area contributed by atoms with Crippen molar-refractivity contribution in [2.75, 3.05) is 0 Å². The molecule has 0 unspecified atom stereocenters. The number of halogens is 1. The molecule has 0 heterocycles. The molecule has 3 radical (unpaired) electrons. The van der Waals surface area contributed by atoms with Gasteiger partial charge in [0.25, 0.3) is 0 Å². The minimum atomic E-state index is -1.14. The smallest absolute Gasteiger partial charge is 0.412 e. The molecule has 0 saturated carbocycles. The fourth-order valence-corrected chi connectivity index (χ4v) is 3.35. The van der Waals surface area contributed by atoms with E-state index in [1.807, 2.05) is 0 Å². The largest absolute Gasteiger partial charge is 0.412 e. The van der Waals surface area contributed by atoms with Gasteiger partial charge >= 0.3 is 94.1 Å². The molecule has 83 valence electrons. The average Bonchev–Trinajstić information content (AvgIpc) is 2.06. The van der Waals surface area contributed by atoms with E-state index in [9.17, 15) is 0 Å². The third kappa shape index (κ3) is 31.6. The maximum atomic E-state index is 5.85. The van der Waals surface area contributed by atoms with Crippen molar-refractivity contribution in [3.05, 3.63) is 0 Å². The first-order valence-electron chi connectivity index (χ1n) is 4.43. The van der Waals surface area contributed by atoms with Crippen LogP contribution in [0.4, 0.5) is 0 Å². The molecule has 0 aromatic carbocycles. The third-order valence-corrected chi connectivity index (χ3v) is 12.1. The van der Waals surface area contributed by atoms with E-state index in [4.69, 9.17) is 8.92 Å². The van der Waals surface area contributed by atoms with Crippen molar-refractivity contribution >= 4 is 48.7 Å². The van der Waals surface area contributed by atoms with Crippen LogP contribution < -0.4 is 0 Å². The Morgan fingerprint density at radius 2 is 1.23 bits per heavy atom. The van der Waals surface area contributed by atoms with Gasteiger partial charge in [0.05, 0.1) is 0 Å². The van der Waals surface area contributed by atoms with Crippen molar-refractivity contribution < 1.29 is 11.0 Å². The van der Waals surface area contributed by atoms with Crippen LogP contribution in [-0.2, 0) is 0 Å². The summed E-state index contributed by atoms with van der Waals surface area (Å²) in [7, 11) is 5.85. The molecule has 0 aromatic rings. The van der Waals surface area contributed by atoms with Crippen LogP contribution in [0.1, 0.15) is 27.7 Å². The van der Waals surface area contributed by atoms with Gasteiger partial charge in [-0.1, -0.05) is 0 Å². The molecule has 0 rings (SSSR count). The van der Waals surface area contributed by atoms with Gasteiger partial charge in [0, 0.05) is 0 Å². The minimum Gasteiger partial charge on any atom is -0.412 e. The SMILES string of the molecule is C[CH2][Sn]([Cl])[CH2]C.C[CH2][Sn][CH2]C.O.O. The summed E-state index contributed by atoms with van der Waals surface area (Å²) < 4.78 is 5.61. The topological polar surface area (TPSA) is 63.0 Å². The monoisotopic (exact) mass is 427 g/mol. The van der Waals surface area contributed by atoms with Crippen LogP contribution in [0, 0.1) is 0 Å². The van der Waals surface area contributed by atoms with Gasteiger partial charge in [0.2, 0.25) is 0 Å². The van der Waals surface area contributed by atoms with Gasteiger partial charge in [0.15, 0.2) is 0 Å². The Morgan fingerprint density at radius 3 is 1.23 bits per heavy atom. The number of rotatable bonds is 4. The van der Waals surface area contributed by atoms with Crippen LogP contribution in [0.2, 0.25) is 17.7 Å². The minimum absolute atomic E-state index is 0. The molecule has 0 spiro atoms. The zero-order valence-electron chi connectivity index (χ0n) is 9.21. The molecule has 5 heteroatoms. The predicted octanol–water partition coefficient (Wildman–Crippen LogP) is 2.17. The van der Waals surface area contributed by atoms with Gasteiger partial charge in [-0.05, 0) is 0 Å². The fourth-order valence-electron chi connectivity index (χ4n) is 0.500. The van der Waals surface area contributed by atoms with Crippen LogP contribution in [0.5, 0.6) is 0 Å². The van der Waals surface area contributed by atoms with Crippen molar-refractivity contribution in [1.29, 1.82) is 0 Å². The average molecular weight is 425 g/mol. The summed E-state index contributed by atoms with van der Waals surface area (Å²) in [5, 5.41) is 0. The van der Waals surface area contributed by atoms with Crippen LogP contribution in [0.3, 0.4) is 0 Å². The maximum Gasteiger partial charge on any atom is -0.412 e. The van der Waals surface area contributed by atoms with Crippen molar-refractivity contribution in [2.24, 2.45) is 0 Å². The Hall–Kier alpha value is 1.81. The summed E-state index contributed by atoms with van der Waals surface area (Å²) in [5.41, 5.74) is 0. The summed E-state index contributed by atoms with van der Waals surface area (Å²) in [6, 6.07) is 0. The van der Waals surface area contributed by atoms with Gasteiger partial charge < -0.3 is 11.0 Å². The summed E-state index contributed by atoms with van der Waals surface area (Å²) in [6.07, 6.45) is 0. The van der Waals surface area contributed by atoms with Gasteiger partial charge in [-0.25, -0.2) is 0 Å². The van der Waals surface area contributed by atoms with E-state index in [2.05, 4.69) is 27.7 Å². The predicted molar refractivity (Wildman–Crippen MR) is 66.5 cm³/mol. The van der Waals surface area contributed by atoms with Crippen LogP contribution in [-0.4, -0.2) is 50.7 Å². The first-order valence-corrected chi connectivity index (χ1v) is 16.1. The molecule has 4 N–H and O–H groups in total. The van der Waals surface area contributed by atoms with Gasteiger partial charge in [-0.15, -0.1) is 0 Å². The van der Waals surface area contributed by atoms with E-state index in [1.165, 1.54) is 17.7 Å². The fraction of sp³-hybridized carbons (Fsp3) is 1.00. The van der Waals surface area contributed by atoms with Crippen molar-refractivity contribution in [3.8, 4) is 0 Å². The normalized spacial score (nSPS) is 7.85. The van der Waals surface area contributed by atoms with Crippen molar-refractivity contribution in [1.82, 2.24) is 0 Å². The van der Waals surface area contributed by atoms with E-state index >= 15 is 0 Å². The molecule has 13 heavy (non-hydrogen) atoms. The summed E-state index contributed by atoms with van der Waals surface area (Å²) >= 11 is -0.926. The van der Waals surface area contributed by atoms with E-state index in [0.29, 0.717) is 0 Å². The van der Waals surface area contributed by atoms with Gasteiger partial charge in [-0.3, -0.25) is 0 Å². The van der Waals surface area contributed by atoms with E-state index < -0.39 is 18.6 Å². The Balaban J connectivity index is -0.0000000546. The van der Waals surface area contributed by atoms with E-state index in [0.717, 1.165) is 0 Å². The maximum absolute atomic E-state index is 5.85. The first-order chi connectivity index (χ1) is 5.22. The number of hydrogen-bond acceptors (Lipinski definition) is 0. The van der Waals surface area contributed by atoms with Crippen molar-refractivity contribution in [3.63, 3.8) is 0 Å². The second-order valence-corrected chi connectivity index (χ2v) is 18.2. The van der Waals surface area contributed by atoms with Crippen LogP contribution in [0.15, 0.2) is 0 Å². The summed E-state index contributed by atoms with van der Waals surface area (Å²) in [4.78, 5) is 0. The van der Waals surface area contributed by atoms with E-state index in [1.54, 1.807) is 0 Å². The third-order valence-electron chi connectivity index (χ3n) is 1.27. The second kappa shape index (κ2) is 23.5. The molecule has 0 aliphatic heterocycles. The summed E-state index contributed by atoms with van der Waals surface area (Å²) in [5.74, 6) is 0. The zero-order valence-corrected chi connectivity index (χ0v) is 15.7. The molecular weight excluding hydrogens is 401 g/mol. The Morgan fingerprint density at radius 1 is 0.923 bits per heavy atom. The molecule has 0 fully saturated rings.